The number of aromatic nitrogens is 4. The van der Waals surface area contributed by atoms with Gasteiger partial charge in [0.2, 0.25) is 0 Å². The lowest BCUT2D eigenvalue weighted by Crippen LogP contribution is -2.33. The number of hydrogen-bond donors (Lipinski definition) is 2. The molecule has 5 aromatic rings. The maximum atomic E-state index is 14.3. The van der Waals surface area contributed by atoms with Crippen LogP contribution in [-0.2, 0) is 16.6 Å². The molecule has 0 saturated carbocycles. The van der Waals surface area contributed by atoms with Gasteiger partial charge in [0.25, 0.3) is 15.9 Å². The number of ether oxygens (including phenoxy) is 1. The molecule has 2 aromatic carbocycles. The third-order valence-electron chi connectivity index (χ3n) is 6.14. The molecule has 3 heterocycles. The number of rotatable bonds is 8. The van der Waals surface area contributed by atoms with Gasteiger partial charge >= 0.3 is 0 Å². The number of carbonyl (C=O) groups excluding carboxylic acids is 1. The van der Waals surface area contributed by atoms with Crippen LogP contribution in [0.1, 0.15) is 21.6 Å². The maximum Gasteiger partial charge on any atom is 0.278 e. The van der Waals surface area contributed by atoms with E-state index in [1.165, 1.54) is 37.6 Å². The second-order valence-corrected chi connectivity index (χ2v) is 10.4. The van der Waals surface area contributed by atoms with Crippen molar-refractivity contribution >= 4 is 45.1 Å². The van der Waals surface area contributed by atoms with E-state index in [1.807, 2.05) is 30.3 Å². The quantitative estimate of drug-likeness (QED) is 0.207. The first-order valence-electron chi connectivity index (χ1n) is 11.8. The first kappa shape index (κ1) is 28.5. The fourth-order valence-corrected chi connectivity index (χ4v) is 5.77. The fourth-order valence-electron chi connectivity index (χ4n) is 4.28. The summed E-state index contributed by atoms with van der Waals surface area (Å²) in [7, 11) is -2.80. The monoisotopic (exact) mass is 580 g/mol. The number of sulfonamides is 1. The lowest BCUT2D eigenvalue weighted by Gasteiger charge is -2.27. The Morgan fingerprint density at radius 3 is 2.40 bits per heavy atom. The van der Waals surface area contributed by atoms with Crippen molar-refractivity contribution in [2.45, 2.75) is 18.4 Å². The van der Waals surface area contributed by atoms with Gasteiger partial charge in [-0.05, 0) is 55.0 Å². The fraction of sp³-hybridized carbons (Fsp3) is 0.111. The summed E-state index contributed by atoms with van der Waals surface area (Å²) in [5.74, 6) is -0.438. The van der Waals surface area contributed by atoms with Crippen LogP contribution in [-0.4, -0.2) is 46.4 Å². The summed E-state index contributed by atoms with van der Waals surface area (Å²) in [6.45, 7) is 1.54. The van der Waals surface area contributed by atoms with E-state index in [-0.39, 0.29) is 35.1 Å². The molecule has 13 heteroatoms. The van der Waals surface area contributed by atoms with Crippen molar-refractivity contribution in [3.05, 3.63) is 102 Å². The number of halogens is 1. The standard InChI is InChI=1S/C27H24N6O5S.ClH/c1-18-24-25(23(27(34)31-35)16-29-26(24)33(30-18)20-8-4-3-5-9-20)32(17-19-7-6-14-28-15-19)39(36,37)22-12-10-21(38-2)11-13-22;/h3-16,35H,17H2,1-2H3,(H,31,34);1H. The minimum atomic E-state index is -4.28. The predicted molar refractivity (Wildman–Crippen MR) is 151 cm³/mol. The summed E-state index contributed by atoms with van der Waals surface area (Å²) in [5, 5.41) is 14.5. The van der Waals surface area contributed by atoms with E-state index in [0.29, 0.717) is 33.7 Å². The highest BCUT2D eigenvalue weighted by Crippen LogP contribution is 2.37. The number of hydrogen-bond acceptors (Lipinski definition) is 8. The number of anilines is 1. The Bertz CT molecular complexity index is 1750. The molecule has 0 aliphatic heterocycles. The number of hydroxylamine groups is 1. The van der Waals surface area contributed by atoms with E-state index in [4.69, 9.17) is 4.74 Å². The molecule has 0 unspecified atom stereocenters. The molecule has 1 amide bonds. The van der Waals surface area contributed by atoms with Gasteiger partial charge in [0.1, 0.15) is 5.75 Å². The number of benzene rings is 2. The SMILES string of the molecule is COc1ccc(S(=O)(=O)N(Cc2cccnc2)c2c(C(=O)NO)cnc3c2c(C)nn3-c2ccccc2)cc1.Cl. The molecule has 0 fully saturated rings. The van der Waals surface area contributed by atoms with Crippen LogP contribution < -0.4 is 14.5 Å². The normalized spacial score (nSPS) is 11.1. The molecule has 11 nitrogen and oxygen atoms in total. The maximum absolute atomic E-state index is 14.3. The molecule has 0 spiro atoms. The highest BCUT2D eigenvalue weighted by molar-refractivity contribution is 7.92. The van der Waals surface area contributed by atoms with Crippen molar-refractivity contribution in [3.63, 3.8) is 0 Å². The van der Waals surface area contributed by atoms with E-state index in [2.05, 4.69) is 15.1 Å². The van der Waals surface area contributed by atoms with Crippen LogP contribution >= 0.6 is 12.4 Å². The summed E-state index contributed by atoms with van der Waals surface area (Å²) < 4.78 is 36.4. The molecule has 0 aliphatic rings. The Balaban J connectivity index is 0.00000370. The summed E-state index contributed by atoms with van der Waals surface area (Å²) in [4.78, 5) is 21.4. The highest BCUT2D eigenvalue weighted by Gasteiger charge is 2.33. The van der Waals surface area contributed by atoms with Crippen LogP contribution in [0.5, 0.6) is 5.75 Å². The van der Waals surface area contributed by atoms with Crippen molar-refractivity contribution in [1.82, 2.24) is 25.2 Å². The predicted octanol–water partition coefficient (Wildman–Crippen LogP) is 4.07. The van der Waals surface area contributed by atoms with E-state index >= 15 is 0 Å². The molecule has 2 N–H and O–H groups in total. The molecule has 3 aromatic heterocycles. The van der Waals surface area contributed by atoms with Crippen molar-refractivity contribution < 1.29 is 23.2 Å². The first-order chi connectivity index (χ1) is 18.8. The molecule has 0 bridgehead atoms. The number of fused-ring (bicyclic) bond motifs is 1. The van der Waals surface area contributed by atoms with Gasteiger partial charge in [-0.3, -0.25) is 19.3 Å². The Labute approximate surface area is 236 Å². The molecule has 0 aliphatic carbocycles. The van der Waals surface area contributed by atoms with Gasteiger partial charge in [0.15, 0.2) is 5.65 Å². The number of methoxy groups -OCH3 is 1. The third kappa shape index (κ3) is 5.19. The number of carbonyl (C=O) groups is 1. The molecule has 0 atom stereocenters. The Morgan fingerprint density at radius 1 is 1.05 bits per heavy atom. The van der Waals surface area contributed by atoms with Crippen molar-refractivity contribution in [2.24, 2.45) is 0 Å². The van der Waals surface area contributed by atoms with E-state index in [9.17, 15) is 18.4 Å². The van der Waals surface area contributed by atoms with Crippen molar-refractivity contribution in [3.8, 4) is 11.4 Å². The van der Waals surface area contributed by atoms with Gasteiger partial charge in [0, 0.05) is 18.6 Å². The van der Waals surface area contributed by atoms with E-state index in [0.717, 1.165) is 4.31 Å². The number of amides is 1. The Morgan fingerprint density at radius 2 is 1.77 bits per heavy atom. The van der Waals surface area contributed by atoms with E-state index in [1.54, 1.807) is 41.6 Å². The molecule has 5 rings (SSSR count). The summed E-state index contributed by atoms with van der Waals surface area (Å²) >= 11 is 0. The Kier molecular flexibility index (Phi) is 8.33. The number of aryl methyl sites for hydroxylation is 1. The van der Waals surface area contributed by atoms with Crippen molar-refractivity contribution in [2.75, 3.05) is 11.4 Å². The van der Waals surface area contributed by atoms with Crippen LogP contribution in [0.2, 0.25) is 0 Å². The molecule has 40 heavy (non-hydrogen) atoms. The molecule has 0 radical (unpaired) electrons. The van der Waals surface area contributed by atoms with Crippen molar-refractivity contribution in [1.29, 1.82) is 0 Å². The minimum Gasteiger partial charge on any atom is -0.497 e. The van der Waals surface area contributed by atoms with E-state index < -0.39 is 15.9 Å². The molecular formula is C27H25ClN6O5S. The van der Waals surface area contributed by atoms with Crippen LogP contribution in [0.4, 0.5) is 5.69 Å². The second kappa shape index (κ2) is 11.7. The van der Waals surface area contributed by atoms with Gasteiger partial charge < -0.3 is 4.74 Å². The van der Waals surface area contributed by atoms with Crippen LogP contribution in [0.25, 0.3) is 16.7 Å². The van der Waals surface area contributed by atoms with Crippen LogP contribution in [0.15, 0.2) is 90.2 Å². The second-order valence-electron chi connectivity index (χ2n) is 8.54. The average Bonchev–Trinajstić information content (AvgIpc) is 3.32. The number of para-hydroxylation sites is 1. The number of pyridine rings is 2. The summed E-state index contributed by atoms with van der Waals surface area (Å²) in [6.07, 6.45) is 4.35. The number of nitrogens with one attached hydrogen (secondary N) is 1. The largest absolute Gasteiger partial charge is 0.497 e. The van der Waals surface area contributed by atoms with Gasteiger partial charge in [-0.25, -0.2) is 23.6 Å². The van der Waals surface area contributed by atoms with Gasteiger partial charge in [-0.2, -0.15) is 5.10 Å². The lowest BCUT2D eigenvalue weighted by molar-refractivity contribution is 0.0707. The molecule has 0 saturated heterocycles. The molecular weight excluding hydrogens is 556 g/mol. The zero-order valence-electron chi connectivity index (χ0n) is 21.4. The lowest BCUT2D eigenvalue weighted by atomic mass is 10.1. The third-order valence-corrected chi connectivity index (χ3v) is 7.90. The Hall–Kier alpha value is -4.52. The summed E-state index contributed by atoms with van der Waals surface area (Å²) in [6, 6.07) is 18.6. The minimum absolute atomic E-state index is 0. The van der Waals surface area contributed by atoms with Gasteiger partial charge in [-0.15, -0.1) is 12.4 Å². The smallest absolute Gasteiger partial charge is 0.278 e. The zero-order valence-corrected chi connectivity index (χ0v) is 23.1. The van der Waals surface area contributed by atoms with Gasteiger partial charge in [0.05, 0.1) is 46.6 Å². The van der Waals surface area contributed by atoms with Crippen LogP contribution in [0.3, 0.4) is 0 Å². The van der Waals surface area contributed by atoms with Gasteiger partial charge in [-0.1, -0.05) is 24.3 Å². The summed E-state index contributed by atoms with van der Waals surface area (Å²) in [5.41, 5.74) is 3.53. The molecule has 206 valence electrons. The van der Waals surface area contributed by atoms with Crippen LogP contribution in [0, 0.1) is 6.92 Å². The average molecular weight is 581 g/mol. The highest BCUT2D eigenvalue weighted by atomic mass is 35.5. The first-order valence-corrected chi connectivity index (χ1v) is 13.2. The topological polar surface area (TPSA) is 140 Å². The zero-order chi connectivity index (χ0) is 27.6. The number of nitrogens with zero attached hydrogens (tertiary/aromatic N) is 5.